The van der Waals surface area contributed by atoms with Gasteiger partial charge in [-0.2, -0.15) is 5.26 Å². The van der Waals surface area contributed by atoms with E-state index >= 15 is 0 Å². The lowest BCUT2D eigenvalue weighted by atomic mass is 9.95. The van der Waals surface area contributed by atoms with Gasteiger partial charge in [-0.1, -0.05) is 30.3 Å². The van der Waals surface area contributed by atoms with Crippen LogP contribution in [0.15, 0.2) is 65.9 Å². The molecule has 2 aromatic rings. The van der Waals surface area contributed by atoms with Crippen LogP contribution in [-0.2, 0) is 14.3 Å². The summed E-state index contributed by atoms with van der Waals surface area (Å²) in [6.07, 6.45) is 0. The molecule has 0 saturated carbocycles. The molecule has 1 unspecified atom stereocenters. The van der Waals surface area contributed by atoms with E-state index in [1.807, 2.05) is 12.1 Å². The van der Waals surface area contributed by atoms with Gasteiger partial charge in [-0.3, -0.25) is 0 Å². The van der Waals surface area contributed by atoms with E-state index in [4.69, 9.17) is 14.7 Å². The Balaban J connectivity index is 1.88. The number of rotatable bonds is 6. The minimum Gasteiger partial charge on any atom is -0.463 e. The number of carbonyl (C=O) groups excluding carboxylic acids is 3. The van der Waals surface area contributed by atoms with Gasteiger partial charge in [0.2, 0.25) is 0 Å². The van der Waals surface area contributed by atoms with E-state index in [0.717, 1.165) is 0 Å². The summed E-state index contributed by atoms with van der Waals surface area (Å²) in [6, 6.07) is 15.6. The van der Waals surface area contributed by atoms with Crippen molar-refractivity contribution in [2.75, 3.05) is 13.2 Å². The van der Waals surface area contributed by atoms with Crippen LogP contribution >= 0.6 is 0 Å². The van der Waals surface area contributed by atoms with E-state index in [1.54, 1.807) is 31.2 Å². The van der Waals surface area contributed by atoms with Gasteiger partial charge in [0, 0.05) is 0 Å². The molecule has 0 aliphatic carbocycles. The molecule has 8 heteroatoms. The molecule has 0 saturated heterocycles. The van der Waals surface area contributed by atoms with Crippen LogP contribution < -0.4 is 10.6 Å². The number of urea groups is 1. The quantitative estimate of drug-likeness (QED) is 0.714. The first-order chi connectivity index (χ1) is 14.5. The molecule has 2 aromatic carbocycles. The number of nitrogens with zero attached hydrogens (tertiary/aromatic N) is 1. The molecule has 1 aliphatic rings. The summed E-state index contributed by atoms with van der Waals surface area (Å²) in [5.74, 6) is -1.28. The smallest absolute Gasteiger partial charge is 0.338 e. The lowest BCUT2D eigenvalue weighted by Crippen LogP contribution is -2.47. The van der Waals surface area contributed by atoms with Gasteiger partial charge in [-0.05, 0) is 36.8 Å². The fourth-order valence-corrected chi connectivity index (χ4v) is 2.98. The van der Waals surface area contributed by atoms with E-state index in [9.17, 15) is 14.4 Å². The third kappa shape index (κ3) is 4.64. The molecule has 152 valence electrons. The van der Waals surface area contributed by atoms with Gasteiger partial charge < -0.3 is 20.1 Å². The zero-order valence-corrected chi connectivity index (χ0v) is 16.2. The van der Waals surface area contributed by atoms with Gasteiger partial charge in [0.25, 0.3) is 0 Å². The van der Waals surface area contributed by atoms with Crippen molar-refractivity contribution in [2.45, 2.75) is 13.0 Å². The van der Waals surface area contributed by atoms with Crippen LogP contribution in [0.3, 0.4) is 0 Å². The highest BCUT2D eigenvalue weighted by atomic mass is 16.5. The van der Waals surface area contributed by atoms with E-state index < -0.39 is 24.0 Å². The number of hydrogen-bond acceptors (Lipinski definition) is 6. The average Bonchev–Trinajstić information content (AvgIpc) is 2.77. The molecule has 0 aromatic heterocycles. The molecular weight excluding hydrogens is 386 g/mol. The SMILES string of the molecule is CCOC(=O)C1=C(COC(=O)c2ccc(C#N)cc2)NC(=O)NC1c1ccccc1. The van der Waals surface area contributed by atoms with Crippen molar-refractivity contribution in [1.29, 1.82) is 5.26 Å². The summed E-state index contributed by atoms with van der Waals surface area (Å²) in [6.45, 7) is 1.50. The van der Waals surface area contributed by atoms with Crippen LogP contribution in [-0.4, -0.2) is 31.2 Å². The van der Waals surface area contributed by atoms with Crippen molar-refractivity contribution in [3.63, 3.8) is 0 Å². The Labute approximate surface area is 173 Å². The second-order valence-corrected chi connectivity index (χ2v) is 6.32. The molecule has 30 heavy (non-hydrogen) atoms. The fraction of sp³-hybridized carbons (Fsp3) is 0.182. The molecule has 8 nitrogen and oxygen atoms in total. The number of hydrogen-bond donors (Lipinski definition) is 2. The zero-order valence-electron chi connectivity index (χ0n) is 16.2. The van der Waals surface area contributed by atoms with Crippen molar-refractivity contribution >= 4 is 18.0 Å². The molecule has 2 N–H and O–H groups in total. The van der Waals surface area contributed by atoms with Crippen molar-refractivity contribution in [3.8, 4) is 6.07 Å². The number of ether oxygens (including phenoxy) is 2. The fourth-order valence-electron chi connectivity index (χ4n) is 2.98. The third-order valence-corrected chi connectivity index (χ3v) is 4.38. The van der Waals surface area contributed by atoms with Crippen molar-refractivity contribution in [1.82, 2.24) is 10.6 Å². The lowest BCUT2D eigenvalue weighted by Gasteiger charge is -2.29. The largest absolute Gasteiger partial charge is 0.463 e. The summed E-state index contributed by atoms with van der Waals surface area (Å²) in [5, 5.41) is 14.1. The summed E-state index contributed by atoms with van der Waals surface area (Å²) in [7, 11) is 0. The summed E-state index contributed by atoms with van der Waals surface area (Å²) < 4.78 is 10.5. The second kappa shape index (κ2) is 9.39. The molecule has 1 atom stereocenters. The Morgan fingerprint density at radius 1 is 1.03 bits per heavy atom. The molecule has 1 heterocycles. The molecular formula is C22H19N3O5. The van der Waals surface area contributed by atoms with Gasteiger partial charge in [0.1, 0.15) is 6.61 Å². The molecule has 0 radical (unpaired) electrons. The topological polar surface area (TPSA) is 118 Å². The molecule has 0 fully saturated rings. The number of amides is 2. The van der Waals surface area contributed by atoms with E-state index in [1.165, 1.54) is 24.3 Å². The highest BCUT2D eigenvalue weighted by Crippen LogP contribution is 2.28. The first-order valence-corrected chi connectivity index (χ1v) is 9.23. The van der Waals surface area contributed by atoms with Crippen LogP contribution in [0.2, 0.25) is 0 Å². The Morgan fingerprint density at radius 2 is 1.73 bits per heavy atom. The standard InChI is InChI=1S/C22H19N3O5/c1-2-29-21(27)18-17(13-30-20(26)16-10-8-14(12-23)9-11-16)24-22(28)25-19(18)15-6-4-3-5-7-15/h3-11,19H,2,13H2,1H3,(H2,24,25,28). The molecule has 2 amide bonds. The van der Waals surface area contributed by atoms with Gasteiger partial charge in [-0.15, -0.1) is 0 Å². The molecule has 1 aliphatic heterocycles. The number of esters is 2. The maximum absolute atomic E-state index is 12.6. The van der Waals surface area contributed by atoms with E-state index in [2.05, 4.69) is 10.6 Å². The normalized spacial score (nSPS) is 15.5. The highest BCUT2D eigenvalue weighted by Gasteiger charge is 2.34. The monoisotopic (exact) mass is 405 g/mol. The first-order valence-electron chi connectivity index (χ1n) is 9.23. The zero-order chi connectivity index (χ0) is 21.5. The van der Waals surface area contributed by atoms with Crippen LogP contribution in [0.1, 0.15) is 34.5 Å². The maximum atomic E-state index is 12.6. The van der Waals surface area contributed by atoms with Crippen LogP contribution in [0.4, 0.5) is 4.79 Å². The minimum absolute atomic E-state index is 0.146. The Kier molecular flexibility index (Phi) is 6.45. The first kappa shape index (κ1) is 20.6. The van der Waals surface area contributed by atoms with E-state index in [-0.39, 0.29) is 30.0 Å². The highest BCUT2D eigenvalue weighted by molar-refractivity contribution is 5.95. The van der Waals surface area contributed by atoms with Gasteiger partial charge in [0.15, 0.2) is 0 Å². The maximum Gasteiger partial charge on any atom is 0.338 e. The van der Waals surface area contributed by atoms with Crippen molar-refractivity contribution in [3.05, 3.63) is 82.6 Å². The molecule has 3 rings (SSSR count). The predicted octanol–water partition coefficient (Wildman–Crippen LogP) is 2.59. The van der Waals surface area contributed by atoms with Crippen molar-refractivity contribution in [2.24, 2.45) is 0 Å². The van der Waals surface area contributed by atoms with Gasteiger partial charge in [-0.25, -0.2) is 14.4 Å². The van der Waals surface area contributed by atoms with Crippen LogP contribution in [0.25, 0.3) is 0 Å². The number of benzene rings is 2. The van der Waals surface area contributed by atoms with Gasteiger partial charge in [0.05, 0.1) is 41.1 Å². The number of nitrogens with one attached hydrogen (secondary N) is 2. The van der Waals surface area contributed by atoms with Crippen LogP contribution in [0, 0.1) is 11.3 Å². The predicted molar refractivity (Wildman–Crippen MR) is 106 cm³/mol. The summed E-state index contributed by atoms with van der Waals surface area (Å²) in [5.41, 5.74) is 1.65. The Bertz CT molecular complexity index is 1020. The number of nitriles is 1. The Hall–Kier alpha value is -4.12. The summed E-state index contributed by atoms with van der Waals surface area (Å²) in [4.78, 5) is 37.2. The third-order valence-electron chi connectivity index (χ3n) is 4.38. The minimum atomic E-state index is -0.748. The Morgan fingerprint density at radius 3 is 2.37 bits per heavy atom. The van der Waals surface area contributed by atoms with Crippen molar-refractivity contribution < 1.29 is 23.9 Å². The molecule has 0 bridgehead atoms. The summed E-state index contributed by atoms with van der Waals surface area (Å²) >= 11 is 0. The van der Waals surface area contributed by atoms with Gasteiger partial charge >= 0.3 is 18.0 Å². The second-order valence-electron chi connectivity index (χ2n) is 6.32. The average molecular weight is 405 g/mol. The lowest BCUT2D eigenvalue weighted by molar-refractivity contribution is -0.139. The number of carbonyl (C=O) groups is 3. The van der Waals surface area contributed by atoms with Crippen LogP contribution in [0.5, 0.6) is 0 Å². The molecule has 0 spiro atoms. The van der Waals surface area contributed by atoms with E-state index in [0.29, 0.717) is 11.1 Å².